The minimum absolute atomic E-state index is 0.0489. The molecule has 0 radical (unpaired) electrons. The van der Waals surface area contributed by atoms with Crippen LogP contribution in [0.15, 0.2) is 42.0 Å². The van der Waals surface area contributed by atoms with E-state index in [0.717, 1.165) is 48.3 Å². The van der Waals surface area contributed by atoms with E-state index in [9.17, 15) is 23.6 Å². The van der Waals surface area contributed by atoms with Crippen LogP contribution >= 0.6 is 11.3 Å². The Hall–Kier alpha value is -3.66. The monoisotopic (exact) mass is 624 g/mol. The number of rotatable bonds is 9. The van der Waals surface area contributed by atoms with E-state index in [-0.39, 0.29) is 51.4 Å². The highest BCUT2D eigenvalue weighted by Crippen LogP contribution is 2.30. The van der Waals surface area contributed by atoms with E-state index in [1.165, 1.54) is 12.1 Å². The number of anilines is 1. The molecule has 2 aromatic heterocycles. The van der Waals surface area contributed by atoms with Crippen LogP contribution in [0, 0.1) is 17.2 Å². The lowest BCUT2D eigenvalue weighted by Gasteiger charge is -2.35. The number of nitrogens with one attached hydrogen (secondary N) is 1. The summed E-state index contributed by atoms with van der Waals surface area (Å²) >= 11 is 0.746. The second-order valence-electron chi connectivity index (χ2n) is 12.0. The van der Waals surface area contributed by atoms with Crippen molar-refractivity contribution in [3.63, 3.8) is 0 Å². The van der Waals surface area contributed by atoms with Gasteiger partial charge in [-0.15, -0.1) is 11.3 Å². The Balaban J connectivity index is 1.48. The van der Waals surface area contributed by atoms with Crippen LogP contribution in [0.4, 0.5) is 14.7 Å². The van der Waals surface area contributed by atoms with Crippen LogP contribution in [0.25, 0.3) is 11.0 Å². The fourth-order valence-electron chi connectivity index (χ4n) is 6.12. The number of alkyl halides is 2. The average molecular weight is 625 g/mol. The molecule has 2 saturated heterocycles. The number of aromatic nitrogens is 2. The summed E-state index contributed by atoms with van der Waals surface area (Å²) in [7, 11) is 0. The Kier molecular flexibility index (Phi) is 9.78. The number of carbonyl (C=O) groups is 2. The molecular formula is C32H38F2N6O3S. The summed E-state index contributed by atoms with van der Waals surface area (Å²) in [6, 6.07) is 10.5. The van der Waals surface area contributed by atoms with Crippen molar-refractivity contribution in [2.45, 2.75) is 78.3 Å². The number of thiophene rings is 1. The molecule has 0 saturated carbocycles. The lowest BCUT2D eigenvalue weighted by molar-refractivity contribution is -0.127. The summed E-state index contributed by atoms with van der Waals surface area (Å²) in [6.07, 6.45) is 0.805. The lowest BCUT2D eigenvalue weighted by Crippen LogP contribution is -2.44. The van der Waals surface area contributed by atoms with Crippen molar-refractivity contribution >= 4 is 40.1 Å². The third kappa shape index (κ3) is 7.17. The van der Waals surface area contributed by atoms with E-state index in [1.54, 1.807) is 11.0 Å². The van der Waals surface area contributed by atoms with Gasteiger partial charge >= 0.3 is 0 Å². The number of morpholine rings is 1. The number of hydrogen-bond donors (Lipinski definition) is 1. The SMILES string of the molecule is CC(C)C=C(C#N)C(=O)N1CCCC1Cn1c(NC(=O)c2ccc(C(F)F)s2)nc2ccc(CN3CC(C)OC(C)C3)cc21. The molecular weight excluding hydrogens is 586 g/mol. The van der Waals surface area contributed by atoms with Crippen molar-refractivity contribution in [1.82, 2.24) is 19.4 Å². The number of allylic oxidation sites excluding steroid dienone is 1. The van der Waals surface area contributed by atoms with Crippen LogP contribution in [-0.4, -0.2) is 69.0 Å². The van der Waals surface area contributed by atoms with Gasteiger partial charge in [-0.25, -0.2) is 13.8 Å². The van der Waals surface area contributed by atoms with Gasteiger partial charge in [0, 0.05) is 32.7 Å². The van der Waals surface area contributed by atoms with Gasteiger partial charge in [-0.3, -0.25) is 19.8 Å². The zero-order valence-electron chi connectivity index (χ0n) is 25.4. The molecule has 9 nitrogen and oxygen atoms in total. The smallest absolute Gasteiger partial charge is 0.272 e. The second kappa shape index (κ2) is 13.5. The fraction of sp³-hybridized carbons (Fsp3) is 0.500. The van der Waals surface area contributed by atoms with Crippen molar-refractivity contribution in [2.75, 3.05) is 25.0 Å². The zero-order valence-corrected chi connectivity index (χ0v) is 26.2. The number of carbonyl (C=O) groups excluding carboxylic acids is 2. The molecule has 0 aliphatic carbocycles. The molecule has 2 aliphatic heterocycles. The number of amides is 2. The van der Waals surface area contributed by atoms with Crippen LogP contribution in [-0.2, 0) is 22.6 Å². The molecule has 3 unspecified atom stereocenters. The Labute approximate surface area is 260 Å². The van der Waals surface area contributed by atoms with E-state index >= 15 is 0 Å². The van der Waals surface area contributed by atoms with Crippen LogP contribution in [0.3, 0.4) is 0 Å². The number of halogens is 2. The summed E-state index contributed by atoms with van der Waals surface area (Å²) < 4.78 is 34.2. The molecule has 2 fully saturated rings. The highest BCUT2D eigenvalue weighted by molar-refractivity contribution is 7.14. The molecule has 4 heterocycles. The molecule has 2 amide bonds. The number of nitriles is 1. The first-order valence-electron chi connectivity index (χ1n) is 15.0. The van der Waals surface area contributed by atoms with Gasteiger partial charge in [0.15, 0.2) is 0 Å². The molecule has 1 aromatic carbocycles. The maximum absolute atomic E-state index is 13.4. The Morgan fingerprint density at radius 3 is 2.61 bits per heavy atom. The first-order chi connectivity index (χ1) is 21.0. The molecule has 0 bridgehead atoms. The minimum atomic E-state index is -2.66. The molecule has 3 atom stereocenters. The third-order valence-electron chi connectivity index (χ3n) is 7.89. The van der Waals surface area contributed by atoms with Crippen molar-refractivity contribution in [1.29, 1.82) is 5.26 Å². The molecule has 0 spiro atoms. The maximum Gasteiger partial charge on any atom is 0.272 e. The number of likely N-dealkylation sites (tertiary alicyclic amines) is 1. The largest absolute Gasteiger partial charge is 0.373 e. The quantitative estimate of drug-likeness (QED) is 0.232. The Bertz CT molecular complexity index is 1580. The summed E-state index contributed by atoms with van der Waals surface area (Å²) in [5, 5.41) is 12.5. The average Bonchev–Trinajstić information content (AvgIpc) is 3.71. The van der Waals surface area contributed by atoms with Crippen molar-refractivity contribution in [2.24, 2.45) is 5.92 Å². The van der Waals surface area contributed by atoms with E-state index in [0.29, 0.717) is 25.2 Å². The highest BCUT2D eigenvalue weighted by Gasteiger charge is 2.32. The van der Waals surface area contributed by atoms with E-state index < -0.39 is 12.3 Å². The van der Waals surface area contributed by atoms with Gasteiger partial charge in [-0.05, 0) is 62.4 Å². The lowest BCUT2D eigenvalue weighted by atomic mass is 10.1. The Morgan fingerprint density at radius 2 is 1.95 bits per heavy atom. The summed E-state index contributed by atoms with van der Waals surface area (Å²) in [4.78, 5) is 35.4. The predicted molar refractivity (Wildman–Crippen MR) is 166 cm³/mol. The van der Waals surface area contributed by atoms with Crippen molar-refractivity contribution < 1.29 is 23.1 Å². The standard InChI is InChI=1S/C32H38F2N6O3S/c1-19(2)12-23(14-35)31(42)39-11-5-6-24(39)18-40-26-13-22(17-38-15-20(3)43-21(4)16-38)7-8-25(26)36-32(40)37-30(41)28-10-9-27(44-28)29(33)34/h7-10,12-13,19-21,24,29H,5-6,11,15-18H2,1-4H3,(H,36,37,41). The number of ether oxygens (including phenoxy) is 1. The molecule has 234 valence electrons. The molecule has 3 aromatic rings. The maximum atomic E-state index is 13.4. The normalized spacial score (nSPS) is 21.4. The van der Waals surface area contributed by atoms with Gasteiger partial charge in [-0.2, -0.15) is 5.26 Å². The van der Waals surface area contributed by atoms with Crippen LogP contribution < -0.4 is 5.32 Å². The third-order valence-corrected chi connectivity index (χ3v) is 8.98. The minimum Gasteiger partial charge on any atom is -0.373 e. The topological polar surface area (TPSA) is 103 Å². The van der Waals surface area contributed by atoms with Crippen LogP contribution in [0.5, 0.6) is 0 Å². The number of benzene rings is 1. The van der Waals surface area contributed by atoms with Gasteiger partial charge in [-0.1, -0.05) is 26.0 Å². The van der Waals surface area contributed by atoms with Gasteiger partial charge in [0.05, 0.1) is 39.0 Å². The van der Waals surface area contributed by atoms with Crippen LogP contribution in [0.2, 0.25) is 0 Å². The molecule has 44 heavy (non-hydrogen) atoms. The van der Waals surface area contributed by atoms with Crippen LogP contribution in [0.1, 0.15) is 67.1 Å². The first kappa shape index (κ1) is 31.8. The van der Waals surface area contributed by atoms with Gasteiger partial charge in [0.1, 0.15) is 11.6 Å². The fourth-order valence-corrected chi connectivity index (χ4v) is 6.88. The van der Waals surface area contributed by atoms with E-state index in [2.05, 4.69) is 36.2 Å². The number of hydrogen-bond acceptors (Lipinski definition) is 7. The van der Waals surface area contributed by atoms with Gasteiger partial charge in [0.2, 0.25) is 5.95 Å². The van der Waals surface area contributed by atoms with Gasteiger partial charge < -0.3 is 14.2 Å². The number of imidazole rings is 1. The van der Waals surface area contributed by atoms with E-state index in [1.807, 2.05) is 30.5 Å². The summed E-state index contributed by atoms with van der Waals surface area (Å²) in [5.74, 6) is -0.498. The summed E-state index contributed by atoms with van der Waals surface area (Å²) in [6.45, 7) is 11.2. The molecule has 12 heteroatoms. The number of fused-ring (bicyclic) bond motifs is 1. The van der Waals surface area contributed by atoms with Gasteiger partial charge in [0.25, 0.3) is 18.2 Å². The second-order valence-corrected chi connectivity index (χ2v) is 13.1. The van der Waals surface area contributed by atoms with Crippen molar-refractivity contribution in [3.05, 3.63) is 57.3 Å². The predicted octanol–water partition coefficient (Wildman–Crippen LogP) is 5.99. The molecule has 1 N–H and O–H groups in total. The summed E-state index contributed by atoms with van der Waals surface area (Å²) in [5.41, 5.74) is 2.66. The molecule has 2 aliphatic rings. The first-order valence-corrected chi connectivity index (χ1v) is 15.8. The highest BCUT2D eigenvalue weighted by atomic mass is 32.1. The van der Waals surface area contributed by atoms with E-state index in [4.69, 9.17) is 9.72 Å². The van der Waals surface area contributed by atoms with Crippen molar-refractivity contribution in [3.8, 4) is 6.07 Å². The zero-order chi connectivity index (χ0) is 31.5. The number of nitrogens with zero attached hydrogens (tertiary/aromatic N) is 5. The molecule has 5 rings (SSSR count). The Morgan fingerprint density at radius 1 is 1.20 bits per heavy atom.